The quantitative estimate of drug-likeness (QED) is 0.855. The molecule has 2 fully saturated rings. The van der Waals surface area contributed by atoms with Gasteiger partial charge in [0.05, 0.1) is 10.0 Å². The highest BCUT2D eigenvalue weighted by molar-refractivity contribution is 6.42. The Hall–Kier alpha value is -0.770. The number of hydrogen-bond donors (Lipinski definition) is 1. The molecule has 1 aromatic carbocycles. The molecular weight excluding hydrogens is 307 g/mol. The SMILES string of the molecule is O=C(c1ccc(Cl)c(Cl)c1)N1CCCC2(CCCNC2)C1. The molecule has 1 spiro atoms. The van der Waals surface area contributed by atoms with Gasteiger partial charge in [0.15, 0.2) is 0 Å². The predicted octanol–water partition coefficient (Wildman–Crippen LogP) is 3.60. The number of piperidine rings is 2. The third kappa shape index (κ3) is 3.20. The number of amides is 1. The van der Waals surface area contributed by atoms with Gasteiger partial charge in [-0.25, -0.2) is 0 Å². The van der Waals surface area contributed by atoms with Gasteiger partial charge in [-0.15, -0.1) is 0 Å². The highest BCUT2D eigenvalue weighted by Crippen LogP contribution is 2.36. The summed E-state index contributed by atoms with van der Waals surface area (Å²) in [5.74, 6) is 0.0678. The molecule has 114 valence electrons. The Labute approximate surface area is 135 Å². The van der Waals surface area contributed by atoms with Crippen molar-refractivity contribution in [3.8, 4) is 0 Å². The lowest BCUT2D eigenvalue weighted by Gasteiger charge is -2.45. The summed E-state index contributed by atoms with van der Waals surface area (Å²) in [6, 6.07) is 5.13. The molecule has 0 aromatic heterocycles. The monoisotopic (exact) mass is 326 g/mol. The normalized spacial score (nSPS) is 26.1. The van der Waals surface area contributed by atoms with Crippen LogP contribution in [0.1, 0.15) is 36.0 Å². The fourth-order valence-corrected chi connectivity index (χ4v) is 3.87. The summed E-state index contributed by atoms with van der Waals surface area (Å²) in [7, 11) is 0. The fourth-order valence-electron chi connectivity index (χ4n) is 3.57. The maximum Gasteiger partial charge on any atom is 0.253 e. The van der Waals surface area contributed by atoms with Gasteiger partial charge in [-0.2, -0.15) is 0 Å². The molecule has 2 aliphatic rings. The molecule has 2 heterocycles. The molecular formula is C16H20Cl2N2O. The van der Waals surface area contributed by atoms with Crippen LogP contribution in [-0.2, 0) is 0 Å². The number of nitrogens with one attached hydrogen (secondary N) is 1. The molecule has 0 saturated carbocycles. The fraction of sp³-hybridized carbons (Fsp3) is 0.562. The second-order valence-corrected chi connectivity index (χ2v) is 7.05. The van der Waals surface area contributed by atoms with Crippen LogP contribution in [0.4, 0.5) is 0 Å². The van der Waals surface area contributed by atoms with Crippen LogP contribution in [0.15, 0.2) is 18.2 Å². The van der Waals surface area contributed by atoms with Crippen molar-refractivity contribution >= 4 is 29.1 Å². The van der Waals surface area contributed by atoms with Gasteiger partial charge in [-0.05, 0) is 50.4 Å². The summed E-state index contributed by atoms with van der Waals surface area (Å²) in [4.78, 5) is 14.7. The van der Waals surface area contributed by atoms with E-state index in [2.05, 4.69) is 5.32 Å². The molecule has 1 N–H and O–H groups in total. The molecule has 5 heteroatoms. The van der Waals surface area contributed by atoms with Crippen LogP contribution in [0.25, 0.3) is 0 Å². The summed E-state index contributed by atoms with van der Waals surface area (Å²) < 4.78 is 0. The minimum atomic E-state index is 0.0678. The van der Waals surface area contributed by atoms with Gasteiger partial charge in [0.2, 0.25) is 0 Å². The Kier molecular flexibility index (Phi) is 4.43. The summed E-state index contributed by atoms with van der Waals surface area (Å²) >= 11 is 11.9. The van der Waals surface area contributed by atoms with Crippen molar-refractivity contribution in [3.05, 3.63) is 33.8 Å². The van der Waals surface area contributed by atoms with Crippen LogP contribution >= 0.6 is 23.2 Å². The summed E-state index contributed by atoms with van der Waals surface area (Å²) in [5.41, 5.74) is 0.896. The van der Waals surface area contributed by atoms with Gasteiger partial charge >= 0.3 is 0 Å². The van der Waals surface area contributed by atoms with Crippen LogP contribution in [0.5, 0.6) is 0 Å². The molecule has 2 saturated heterocycles. The molecule has 2 aliphatic heterocycles. The zero-order chi connectivity index (χ0) is 14.9. The van der Waals surface area contributed by atoms with Crippen LogP contribution in [-0.4, -0.2) is 37.0 Å². The van der Waals surface area contributed by atoms with Crippen molar-refractivity contribution in [3.63, 3.8) is 0 Å². The summed E-state index contributed by atoms with van der Waals surface area (Å²) in [6.07, 6.45) is 4.71. The number of hydrogen-bond acceptors (Lipinski definition) is 2. The predicted molar refractivity (Wildman–Crippen MR) is 86.1 cm³/mol. The average molecular weight is 327 g/mol. The van der Waals surface area contributed by atoms with E-state index in [1.807, 2.05) is 4.90 Å². The summed E-state index contributed by atoms with van der Waals surface area (Å²) in [5, 5.41) is 4.41. The highest BCUT2D eigenvalue weighted by Gasteiger charge is 2.38. The second-order valence-electron chi connectivity index (χ2n) is 6.24. The molecule has 3 nitrogen and oxygen atoms in total. The Bertz CT molecular complexity index is 536. The first-order chi connectivity index (χ1) is 10.1. The molecule has 1 aromatic rings. The van der Waals surface area contributed by atoms with Crippen LogP contribution in [0, 0.1) is 5.41 Å². The van der Waals surface area contributed by atoms with E-state index in [9.17, 15) is 4.79 Å². The molecule has 1 atom stereocenters. The maximum absolute atomic E-state index is 12.7. The van der Waals surface area contributed by atoms with E-state index in [0.29, 0.717) is 15.6 Å². The van der Waals surface area contributed by atoms with Crippen LogP contribution in [0.2, 0.25) is 10.0 Å². The molecule has 3 rings (SSSR count). The molecule has 0 radical (unpaired) electrons. The molecule has 1 unspecified atom stereocenters. The molecule has 0 bridgehead atoms. The van der Waals surface area contributed by atoms with Gasteiger partial charge in [0, 0.05) is 30.6 Å². The first kappa shape index (κ1) is 15.1. The molecule has 1 amide bonds. The smallest absolute Gasteiger partial charge is 0.253 e. The van der Waals surface area contributed by atoms with E-state index < -0.39 is 0 Å². The van der Waals surface area contributed by atoms with Gasteiger partial charge in [0.1, 0.15) is 0 Å². The number of halogens is 2. The number of rotatable bonds is 1. The van der Waals surface area contributed by atoms with E-state index in [-0.39, 0.29) is 11.3 Å². The van der Waals surface area contributed by atoms with Crippen LogP contribution in [0.3, 0.4) is 0 Å². The number of carbonyl (C=O) groups is 1. The van der Waals surface area contributed by atoms with Gasteiger partial charge in [-0.1, -0.05) is 23.2 Å². The van der Waals surface area contributed by atoms with Crippen molar-refractivity contribution in [2.45, 2.75) is 25.7 Å². The van der Waals surface area contributed by atoms with E-state index in [4.69, 9.17) is 23.2 Å². The second kappa shape index (κ2) is 6.15. The van der Waals surface area contributed by atoms with E-state index in [1.54, 1.807) is 18.2 Å². The molecule has 0 aliphatic carbocycles. The van der Waals surface area contributed by atoms with Crippen molar-refractivity contribution in [1.82, 2.24) is 10.2 Å². The van der Waals surface area contributed by atoms with Crippen molar-refractivity contribution in [1.29, 1.82) is 0 Å². The topological polar surface area (TPSA) is 32.3 Å². The zero-order valence-electron chi connectivity index (χ0n) is 12.0. The van der Waals surface area contributed by atoms with Gasteiger partial charge in [-0.3, -0.25) is 4.79 Å². The first-order valence-corrected chi connectivity index (χ1v) is 8.30. The first-order valence-electron chi connectivity index (χ1n) is 7.55. The third-order valence-corrected chi connectivity index (χ3v) is 5.41. The Balaban J connectivity index is 1.76. The minimum absolute atomic E-state index is 0.0678. The van der Waals surface area contributed by atoms with Crippen molar-refractivity contribution < 1.29 is 4.79 Å². The summed E-state index contributed by atoms with van der Waals surface area (Å²) in [6.45, 7) is 3.81. The Morgan fingerprint density at radius 2 is 2.00 bits per heavy atom. The van der Waals surface area contributed by atoms with E-state index in [0.717, 1.165) is 32.6 Å². The lowest BCUT2D eigenvalue weighted by molar-refractivity contribution is 0.0434. The van der Waals surface area contributed by atoms with Gasteiger partial charge in [0.25, 0.3) is 5.91 Å². The molecule has 21 heavy (non-hydrogen) atoms. The third-order valence-electron chi connectivity index (χ3n) is 4.68. The zero-order valence-corrected chi connectivity index (χ0v) is 13.5. The highest BCUT2D eigenvalue weighted by atomic mass is 35.5. The number of nitrogens with zero attached hydrogens (tertiary/aromatic N) is 1. The lowest BCUT2D eigenvalue weighted by Crippen LogP contribution is -2.52. The number of carbonyl (C=O) groups excluding carboxylic acids is 1. The van der Waals surface area contributed by atoms with E-state index in [1.165, 1.54) is 19.3 Å². The van der Waals surface area contributed by atoms with Gasteiger partial charge < -0.3 is 10.2 Å². The maximum atomic E-state index is 12.7. The van der Waals surface area contributed by atoms with Crippen LogP contribution < -0.4 is 5.32 Å². The standard InChI is InChI=1S/C16H20Cl2N2O/c17-13-4-3-12(9-14(13)18)15(21)20-8-2-6-16(11-20)5-1-7-19-10-16/h3-4,9,19H,1-2,5-8,10-11H2. The minimum Gasteiger partial charge on any atom is -0.338 e. The average Bonchev–Trinajstić information content (AvgIpc) is 2.50. The largest absolute Gasteiger partial charge is 0.338 e. The lowest BCUT2D eigenvalue weighted by atomic mass is 9.74. The van der Waals surface area contributed by atoms with Crippen molar-refractivity contribution in [2.75, 3.05) is 26.2 Å². The Morgan fingerprint density at radius 3 is 2.71 bits per heavy atom. The number of likely N-dealkylation sites (tertiary alicyclic amines) is 1. The Morgan fingerprint density at radius 1 is 1.19 bits per heavy atom. The van der Waals surface area contributed by atoms with Crippen molar-refractivity contribution in [2.24, 2.45) is 5.41 Å². The number of benzene rings is 1. The van der Waals surface area contributed by atoms with E-state index >= 15 is 0 Å².